The lowest BCUT2D eigenvalue weighted by molar-refractivity contribution is 0.0664. The lowest BCUT2D eigenvalue weighted by Crippen LogP contribution is -2.47. The Morgan fingerprint density at radius 3 is 2.34 bits per heavy atom. The summed E-state index contributed by atoms with van der Waals surface area (Å²) in [6.07, 6.45) is 1.73. The second kappa shape index (κ2) is 8.25. The number of nitrogens with one attached hydrogen (secondary N) is 1. The Morgan fingerprint density at radius 1 is 0.969 bits per heavy atom. The second-order valence-corrected chi connectivity index (χ2v) is 8.00. The third kappa shape index (κ3) is 3.72. The molecule has 1 saturated heterocycles. The van der Waals surface area contributed by atoms with Crippen molar-refractivity contribution in [1.82, 2.24) is 24.8 Å². The Morgan fingerprint density at radius 2 is 1.66 bits per heavy atom. The van der Waals surface area contributed by atoms with Crippen LogP contribution in [0.1, 0.15) is 15.9 Å². The Balaban J connectivity index is 1.42. The fraction of sp³-hybridized carbons (Fsp3) is 0.200. The van der Waals surface area contributed by atoms with E-state index in [1.165, 1.54) is 0 Å². The van der Waals surface area contributed by atoms with Crippen LogP contribution in [0.15, 0.2) is 60.8 Å². The summed E-state index contributed by atoms with van der Waals surface area (Å²) in [5.41, 5.74) is 5.62. The summed E-state index contributed by atoms with van der Waals surface area (Å²) >= 11 is 0. The molecule has 0 radical (unpaired) electrons. The SMILES string of the molecule is CN1CCN(C(=O)c2ccc(-c3nc4nccc(-c5ccc(C#N)cc5)c4[nH]3)cc2)CC1. The van der Waals surface area contributed by atoms with Gasteiger partial charge in [-0.05, 0) is 42.9 Å². The number of hydrogen-bond donors (Lipinski definition) is 1. The third-order valence-corrected chi connectivity index (χ3v) is 5.91. The standard InChI is InChI=1S/C25H22N6O/c1-30-12-14-31(15-13-30)25(32)20-8-6-19(7-9-20)23-28-22-21(10-11-27-24(22)29-23)18-4-2-17(16-26)3-5-18/h2-11H,12-15H2,1H3,(H,27,28,29). The van der Waals surface area contributed by atoms with Gasteiger partial charge in [0.05, 0.1) is 17.1 Å². The number of amides is 1. The van der Waals surface area contributed by atoms with Gasteiger partial charge in [-0.2, -0.15) is 5.26 Å². The lowest BCUT2D eigenvalue weighted by atomic mass is 10.0. The molecule has 1 amide bonds. The molecular formula is C25H22N6O. The van der Waals surface area contributed by atoms with E-state index < -0.39 is 0 Å². The number of likely N-dealkylation sites (N-methyl/N-ethyl adjacent to an activating group) is 1. The number of piperazine rings is 1. The quantitative estimate of drug-likeness (QED) is 0.545. The zero-order valence-electron chi connectivity index (χ0n) is 17.7. The molecule has 0 bridgehead atoms. The summed E-state index contributed by atoms with van der Waals surface area (Å²) in [6.45, 7) is 3.31. The van der Waals surface area contributed by atoms with Crippen LogP contribution >= 0.6 is 0 Å². The van der Waals surface area contributed by atoms with Crippen LogP contribution in [0, 0.1) is 11.3 Å². The smallest absolute Gasteiger partial charge is 0.253 e. The summed E-state index contributed by atoms with van der Waals surface area (Å²) < 4.78 is 0. The van der Waals surface area contributed by atoms with Crippen molar-refractivity contribution >= 4 is 17.1 Å². The first-order chi connectivity index (χ1) is 15.6. The average molecular weight is 422 g/mol. The Labute approximate surface area is 185 Å². The molecule has 2 aromatic heterocycles. The molecule has 0 atom stereocenters. The Kier molecular flexibility index (Phi) is 5.13. The highest BCUT2D eigenvalue weighted by atomic mass is 16.2. The topological polar surface area (TPSA) is 88.9 Å². The molecule has 0 aliphatic carbocycles. The highest BCUT2D eigenvalue weighted by molar-refractivity contribution is 5.95. The third-order valence-electron chi connectivity index (χ3n) is 5.91. The van der Waals surface area contributed by atoms with Gasteiger partial charge in [-0.15, -0.1) is 0 Å². The Bertz CT molecular complexity index is 1310. The van der Waals surface area contributed by atoms with Gasteiger partial charge >= 0.3 is 0 Å². The molecule has 2 aromatic carbocycles. The first kappa shape index (κ1) is 19.9. The normalized spacial score (nSPS) is 14.4. The molecule has 1 fully saturated rings. The Hall–Kier alpha value is -4.02. The van der Waals surface area contributed by atoms with Crippen LogP contribution in [-0.2, 0) is 0 Å². The molecule has 1 aliphatic rings. The molecule has 0 spiro atoms. The molecule has 32 heavy (non-hydrogen) atoms. The molecule has 4 aromatic rings. The zero-order chi connectivity index (χ0) is 22.1. The van der Waals surface area contributed by atoms with Crippen LogP contribution in [-0.4, -0.2) is 63.9 Å². The molecule has 1 aliphatic heterocycles. The van der Waals surface area contributed by atoms with Gasteiger partial charge in [0.2, 0.25) is 0 Å². The molecule has 1 N–H and O–H groups in total. The summed E-state index contributed by atoms with van der Waals surface area (Å²) in [4.78, 5) is 29.4. The van der Waals surface area contributed by atoms with E-state index in [1.54, 1.807) is 18.3 Å². The summed E-state index contributed by atoms with van der Waals surface area (Å²) in [5, 5.41) is 9.04. The van der Waals surface area contributed by atoms with Crippen LogP contribution in [0.2, 0.25) is 0 Å². The van der Waals surface area contributed by atoms with Crippen molar-refractivity contribution < 1.29 is 4.79 Å². The number of fused-ring (bicyclic) bond motifs is 1. The number of carbonyl (C=O) groups excluding carboxylic acids is 1. The van der Waals surface area contributed by atoms with Crippen LogP contribution < -0.4 is 0 Å². The molecule has 0 unspecified atom stereocenters. The molecular weight excluding hydrogens is 400 g/mol. The second-order valence-electron chi connectivity index (χ2n) is 8.00. The number of benzene rings is 2. The van der Waals surface area contributed by atoms with Crippen LogP contribution in [0.25, 0.3) is 33.7 Å². The van der Waals surface area contributed by atoms with Crippen molar-refractivity contribution in [3.05, 3.63) is 71.9 Å². The van der Waals surface area contributed by atoms with E-state index in [-0.39, 0.29) is 5.91 Å². The number of nitrogens with zero attached hydrogens (tertiary/aromatic N) is 5. The maximum atomic E-state index is 12.8. The minimum absolute atomic E-state index is 0.0685. The first-order valence-electron chi connectivity index (χ1n) is 10.6. The highest BCUT2D eigenvalue weighted by Crippen LogP contribution is 2.29. The van der Waals surface area contributed by atoms with Gasteiger partial charge in [-0.3, -0.25) is 4.79 Å². The number of H-pyrrole nitrogens is 1. The van der Waals surface area contributed by atoms with Crippen molar-refractivity contribution in [2.45, 2.75) is 0 Å². The molecule has 3 heterocycles. The monoisotopic (exact) mass is 422 g/mol. The summed E-state index contributed by atoms with van der Waals surface area (Å²) in [7, 11) is 2.07. The maximum absolute atomic E-state index is 12.8. The largest absolute Gasteiger partial charge is 0.336 e. The van der Waals surface area contributed by atoms with E-state index >= 15 is 0 Å². The predicted octanol–water partition coefficient (Wildman–Crippen LogP) is 3.55. The van der Waals surface area contributed by atoms with Crippen molar-refractivity contribution in [2.75, 3.05) is 33.2 Å². The van der Waals surface area contributed by atoms with Crippen molar-refractivity contribution in [3.8, 4) is 28.6 Å². The van der Waals surface area contributed by atoms with Gasteiger partial charge in [0.1, 0.15) is 5.82 Å². The fourth-order valence-electron chi connectivity index (χ4n) is 3.98. The number of rotatable bonds is 3. The lowest BCUT2D eigenvalue weighted by Gasteiger charge is -2.32. The van der Waals surface area contributed by atoms with Gasteiger partial charge in [-0.25, -0.2) is 9.97 Å². The number of aromatic amines is 1. The number of carbonyl (C=O) groups is 1. The van der Waals surface area contributed by atoms with E-state index in [0.717, 1.165) is 48.4 Å². The predicted molar refractivity (Wildman–Crippen MR) is 123 cm³/mol. The maximum Gasteiger partial charge on any atom is 0.253 e. The minimum atomic E-state index is 0.0685. The molecule has 0 saturated carbocycles. The first-order valence-corrected chi connectivity index (χ1v) is 10.6. The zero-order valence-corrected chi connectivity index (χ0v) is 17.7. The molecule has 7 heteroatoms. The van der Waals surface area contributed by atoms with Crippen LogP contribution in [0.5, 0.6) is 0 Å². The van der Waals surface area contributed by atoms with E-state index in [9.17, 15) is 4.79 Å². The number of pyridine rings is 1. The molecule has 7 nitrogen and oxygen atoms in total. The summed E-state index contributed by atoms with van der Waals surface area (Å²) in [6, 6.07) is 19.1. The number of nitriles is 1. The van der Waals surface area contributed by atoms with Gasteiger partial charge < -0.3 is 14.8 Å². The number of imidazole rings is 1. The van der Waals surface area contributed by atoms with E-state index in [2.05, 4.69) is 33.0 Å². The average Bonchev–Trinajstić information content (AvgIpc) is 3.29. The van der Waals surface area contributed by atoms with E-state index in [0.29, 0.717) is 22.6 Å². The van der Waals surface area contributed by atoms with E-state index in [1.807, 2.05) is 47.4 Å². The van der Waals surface area contributed by atoms with Gasteiger partial charge in [0.15, 0.2) is 5.65 Å². The van der Waals surface area contributed by atoms with Gasteiger partial charge in [0, 0.05) is 49.1 Å². The van der Waals surface area contributed by atoms with Gasteiger partial charge in [0.25, 0.3) is 5.91 Å². The number of aromatic nitrogens is 3. The highest BCUT2D eigenvalue weighted by Gasteiger charge is 2.20. The van der Waals surface area contributed by atoms with Crippen molar-refractivity contribution in [2.24, 2.45) is 0 Å². The van der Waals surface area contributed by atoms with Crippen molar-refractivity contribution in [3.63, 3.8) is 0 Å². The number of hydrogen-bond acceptors (Lipinski definition) is 5. The van der Waals surface area contributed by atoms with Crippen LogP contribution in [0.3, 0.4) is 0 Å². The molecule has 158 valence electrons. The van der Waals surface area contributed by atoms with E-state index in [4.69, 9.17) is 5.26 Å². The van der Waals surface area contributed by atoms with Gasteiger partial charge in [-0.1, -0.05) is 24.3 Å². The fourth-order valence-corrected chi connectivity index (χ4v) is 3.98. The molecule has 5 rings (SSSR count). The van der Waals surface area contributed by atoms with Crippen LogP contribution in [0.4, 0.5) is 0 Å². The minimum Gasteiger partial charge on any atom is -0.336 e. The summed E-state index contributed by atoms with van der Waals surface area (Å²) in [5.74, 6) is 0.770. The van der Waals surface area contributed by atoms with Crippen molar-refractivity contribution in [1.29, 1.82) is 5.26 Å².